The van der Waals surface area contributed by atoms with Gasteiger partial charge in [-0.15, -0.1) is 0 Å². The van der Waals surface area contributed by atoms with E-state index < -0.39 is 24.2 Å². The second-order valence-corrected chi connectivity index (χ2v) is 11.1. The maximum absolute atomic E-state index is 13.2. The zero-order valence-electron chi connectivity index (χ0n) is 25.7. The van der Waals surface area contributed by atoms with Gasteiger partial charge in [0.15, 0.2) is 11.9 Å². The van der Waals surface area contributed by atoms with Crippen molar-refractivity contribution in [1.82, 2.24) is 9.97 Å². The normalized spacial score (nSPS) is 12.1. The number of aromatic nitrogens is 2. The van der Waals surface area contributed by atoms with Crippen molar-refractivity contribution in [3.63, 3.8) is 0 Å². The Morgan fingerprint density at radius 3 is 1.80 bits per heavy atom. The summed E-state index contributed by atoms with van der Waals surface area (Å²) in [6.45, 7) is 4.00. The third kappa shape index (κ3) is 11.7. The van der Waals surface area contributed by atoms with E-state index in [0.717, 1.165) is 24.0 Å². The van der Waals surface area contributed by atoms with Gasteiger partial charge < -0.3 is 9.47 Å². The molecule has 6 nitrogen and oxygen atoms in total. The summed E-state index contributed by atoms with van der Waals surface area (Å²) >= 11 is 0. The summed E-state index contributed by atoms with van der Waals surface area (Å²) in [7, 11) is 0. The van der Waals surface area contributed by atoms with Gasteiger partial charge in [-0.05, 0) is 67.6 Å². The fraction of sp³-hybridized carbons (Fsp3) is 0.486. The van der Waals surface area contributed by atoms with Crippen LogP contribution in [-0.4, -0.2) is 34.2 Å². The van der Waals surface area contributed by atoms with Crippen molar-refractivity contribution in [2.75, 3.05) is 0 Å². The van der Waals surface area contributed by atoms with Gasteiger partial charge in [0.05, 0.1) is 11.1 Å². The quantitative estimate of drug-likeness (QED) is 0.0808. The van der Waals surface area contributed by atoms with E-state index in [1.54, 1.807) is 31.2 Å². The Morgan fingerprint density at radius 1 is 0.705 bits per heavy atom. The van der Waals surface area contributed by atoms with Gasteiger partial charge in [0.2, 0.25) is 0 Å². The van der Waals surface area contributed by atoms with Gasteiger partial charge in [-0.3, -0.25) is 0 Å². The van der Waals surface area contributed by atoms with Gasteiger partial charge in [0.1, 0.15) is 5.75 Å². The van der Waals surface area contributed by atoms with E-state index in [2.05, 4.69) is 16.9 Å². The van der Waals surface area contributed by atoms with E-state index in [-0.39, 0.29) is 24.2 Å². The lowest BCUT2D eigenvalue weighted by molar-refractivity contribution is -0.206. The summed E-state index contributed by atoms with van der Waals surface area (Å²) in [5.74, 6) is -1.01. The van der Waals surface area contributed by atoms with Crippen LogP contribution >= 0.6 is 0 Å². The Balaban J connectivity index is 1.46. The zero-order valence-corrected chi connectivity index (χ0v) is 25.7. The molecule has 0 unspecified atom stereocenters. The van der Waals surface area contributed by atoms with Gasteiger partial charge in [-0.1, -0.05) is 83.8 Å². The molecule has 0 amide bonds. The number of hydrogen-bond acceptors (Lipinski definition) is 6. The second-order valence-electron chi connectivity index (χ2n) is 11.1. The van der Waals surface area contributed by atoms with E-state index in [1.807, 2.05) is 12.4 Å². The minimum absolute atomic E-state index is 0.0703. The fourth-order valence-electron chi connectivity index (χ4n) is 4.73. The molecule has 44 heavy (non-hydrogen) atoms. The number of unbranched alkanes of at least 4 members (excludes halogenated alkanes) is 9. The van der Waals surface area contributed by atoms with Crippen LogP contribution in [0.3, 0.4) is 0 Å². The average Bonchev–Trinajstić information content (AvgIpc) is 3.02. The molecule has 3 aromatic rings. The summed E-state index contributed by atoms with van der Waals surface area (Å²) in [5, 5.41) is 0. The molecule has 0 N–H and O–H groups in total. The Morgan fingerprint density at radius 2 is 1.23 bits per heavy atom. The van der Waals surface area contributed by atoms with Gasteiger partial charge in [-0.25, -0.2) is 19.6 Å². The zero-order chi connectivity index (χ0) is 31.8. The van der Waals surface area contributed by atoms with Crippen molar-refractivity contribution in [2.45, 2.75) is 110 Å². The lowest BCUT2D eigenvalue weighted by Gasteiger charge is -2.20. The monoisotopic (exact) mass is 612 g/mol. The van der Waals surface area contributed by atoms with Crippen molar-refractivity contribution in [2.24, 2.45) is 0 Å². The number of nitrogens with zero attached hydrogens (tertiary/aromatic N) is 2. The number of carbonyl (C=O) groups is 2. The van der Waals surface area contributed by atoms with Gasteiger partial charge in [0, 0.05) is 18.0 Å². The Kier molecular flexibility index (Phi) is 14.3. The molecule has 238 valence electrons. The first-order valence-electron chi connectivity index (χ1n) is 15.7. The van der Waals surface area contributed by atoms with Crippen molar-refractivity contribution in [3.05, 3.63) is 77.6 Å². The number of ether oxygens (including phenoxy) is 2. The highest BCUT2D eigenvalue weighted by Gasteiger charge is 2.42. The highest BCUT2D eigenvalue weighted by atomic mass is 19.4. The number of hydrogen-bond donors (Lipinski definition) is 0. The lowest BCUT2D eigenvalue weighted by atomic mass is 10.1. The van der Waals surface area contributed by atoms with Crippen LogP contribution in [0.4, 0.5) is 13.2 Å². The number of esters is 2. The molecule has 1 atom stereocenters. The predicted molar refractivity (Wildman–Crippen MR) is 165 cm³/mol. The molecular formula is C35H43F3N2O4. The lowest BCUT2D eigenvalue weighted by Crippen LogP contribution is -2.33. The summed E-state index contributed by atoms with van der Waals surface area (Å²) in [5.41, 5.74) is 2.09. The molecule has 0 aliphatic rings. The number of rotatable bonds is 18. The molecule has 0 radical (unpaired) electrons. The molecule has 0 bridgehead atoms. The molecule has 0 spiro atoms. The van der Waals surface area contributed by atoms with Crippen LogP contribution in [0.25, 0.3) is 11.4 Å². The maximum Gasteiger partial charge on any atom is 0.425 e. The van der Waals surface area contributed by atoms with Crippen LogP contribution in [0.2, 0.25) is 0 Å². The second kappa shape index (κ2) is 18.1. The molecule has 0 saturated heterocycles. The largest absolute Gasteiger partial charge is 0.449 e. The van der Waals surface area contributed by atoms with Crippen LogP contribution in [0, 0.1) is 0 Å². The summed E-state index contributed by atoms with van der Waals surface area (Å²) < 4.78 is 49.6. The van der Waals surface area contributed by atoms with Gasteiger partial charge in [0.25, 0.3) is 0 Å². The molecule has 0 fully saturated rings. The molecule has 0 aliphatic carbocycles. The van der Waals surface area contributed by atoms with E-state index >= 15 is 0 Å². The number of aryl methyl sites for hydroxylation is 1. The van der Waals surface area contributed by atoms with E-state index in [9.17, 15) is 22.8 Å². The van der Waals surface area contributed by atoms with Crippen molar-refractivity contribution in [3.8, 4) is 17.1 Å². The highest BCUT2D eigenvalue weighted by molar-refractivity contribution is 5.92. The molecule has 9 heteroatoms. The summed E-state index contributed by atoms with van der Waals surface area (Å²) in [6, 6.07) is 11.9. The third-order valence-electron chi connectivity index (χ3n) is 7.39. The van der Waals surface area contributed by atoms with Gasteiger partial charge in [-0.2, -0.15) is 13.2 Å². The minimum atomic E-state index is -4.64. The molecule has 1 aromatic heterocycles. The fourth-order valence-corrected chi connectivity index (χ4v) is 4.73. The first-order chi connectivity index (χ1) is 21.2. The minimum Gasteiger partial charge on any atom is -0.449 e. The number of alkyl halides is 3. The van der Waals surface area contributed by atoms with Crippen LogP contribution < -0.4 is 4.74 Å². The number of halogens is 3. The summed E-state index contributed by atoms with van der Waals surface area (Å²) in [6.07, 6.45) is 9.94. The highest BCUT2D eigenvalue weighted by Crippen LogP contribution is 2.28. The maximum atomic E-state index is 13.2. The van der Waals surface area contributed by atoms with Crippen molar-refractivity contribution < 1.29 is 32.2 Å². The molecule has 2 aromatic carbocycles. The number of carbonyl (C=O) groups excluding carboxylic acids is 2. The number of benzene rings is 2. The standard InChI is InChI=1S/C35H43F3N2O4/c1-3-5-7-8-9-10-11-12-13-14-26-24-39-32(40-25-26)27-16-18-28(19-17-27)33(41)43-30-22-20-29(21-23-30)34(42)44-31(15-6-4-2)35(36,37)38/h16-25,31H,3-15H2,1-2H3/t31-/m0/s1. The topological polar surface area (TPSA) is 78.4 Å². The van der Waals surface area contributed by atoms with Crippen LogP contribution in [-0.2, 0) is 11.2 Å². The van der Waals surface area contributed by atoms with Crippen LogP contribution in [0.15, 0.2) is 60.9 Å². The summed E-state index contributed by atoms with van der Waals surface area (Å²) in [4.78, 5) is 33.9. The molecule has 0 aliphatic heterocycles. The first-order valence-corrected chi connectivity index (χ1v) is 15.7. The van der Waals surface area contributed by atoms with Gasteiger partial charge >= 0.3 is 18.1 Å². The molecule has 0 saturated carbocycles. The molecule has 3 rings (SSSR count). The van der Waals surface area contributed by atoms with Crippen LogP contribution in [0.1, 0.15) is 117 Å². The molecule has 1 heterocycles. The smallest absolute Gasteiger partial charge is 0.425 e. The van der Waals surface area contributed by atoms with Crippen LogP contribution in [0.5, 0.6) is 5.75 Å². The molecular weight excluding hydrogens is 569 g/mol. The third-order valence-corrected chi connectivity index (χ3v) is 7.39. The SMILES string of the molecule is CCCCCCCCCCCc1cnc(-c2ccc(C(=O)Oc3ccc(C(=O)O[C@@H](CCCC)C(F)(F)F)cc3)cc2)nc1. The first kappa shape index (κ1) is 34.7. The Labute approximate surface area is 258 Å². The average molecular weight is 613 g/mol. The Hall–Kier alpha value is -3.75. The van der Waals surface area contributed by atoms with E-state index in [4.69, 9.17) is 9.47 Å². The Bertz CT molecular complexity index is 1280. The van der Waals surface area contributed by atoms with Crippen molar-refractivity contribution >= 4 is 11.9 Å². The predicted octanol–water partition coefficient (Wildman–Crippen LogP) is 9.71. The van der Waals surface area contributed by atoms with E-state index in [0.29, 0.717) is 17.8 Å². The van der Waals surface area contributed by atoms with Crippen molar-refractivity contribution in [1.29, 1.82) is 0 Å². The van der Waals surface area contributed by atoms with E-state index in [1.165, 1.54) is 75.6 Å².